The summed E-state index contributed by atoms with van der Waals surface area (Å²) in [4.78, 5) is 2.41. The molecule has 1 fully saturated rings. The van der Waals surface area contributed by atoms with E-state index in [4.69, 9.17) is 5.73 Å². The number of anilines is 1. The van der Waals surface area contributed by atoms with E-state index < -0.39 is 0 Å². The minimum absolute atomic E-state index is 0.352. The first-order valence-electron chi connectivity index (χ1n) is 7.25. The predicted molar refractivity (Wildman–Crippen MR) is 82.8 cm³/mol. The summed E-state index contributed by atoms with van der Waals surface area (Å²) in [6, 6.07) is 8.84. The molecule has 2 N–H and O–H groups in total. The summed E-state index contributed by atoms with van der Waals surface area (Å²) in [5.74, 6) is 0. The number of aryl methyl sites for hydroxylation is 2. The molecule has 1 aromatic heterocycles. The van der Waals surface area contributed by atoms with E-state index in [0.717, 1.165) is 25.9 Å². The summed E-state index contributed by atoms with van der Waals surface area (Å²) in [7, 11) is 2.01. The lowest BCUT2D eigenvalue weighted by molar-refractivity contribution is 0.501. The molecular formula is C16H22N4. The third-order valence-corrected chi connectivity index (χ3v) is 4.20. The van der Waals surface area contributed by atoms with Crippen LogP contribution in [0, 0.1) is 6.92 Å². The van der Waals surface area contributed by atoms with Crippen molar-refractivity contribution in [1.29, 1.82) is 0 Å². The molecule has 0 aliphatic carbocycles. The highest BCUT2D eigenvalue weighted by molar-refractivity contribution is 5.77. The second-order valence-electron chi connectivity index (χ2n) is 5.64. The van der Waals surface area contributed by atoms with Crippen molar-refractivity contribution >= 4 is 5.69 Å². The first kappa shape index (κ1) is 13.2. The molecule has 0 unspecified atom stereocenters. The van der Waals surface area contributed by atoms with Gasteiger partial charge in [-0.25, -0.2) is 0 Å². The fraction of sp³-hybridized carbons (Fsp3) is 0.438. The summed E-state index contributed by atoms with van der Waals surface area (Å²) in [5.41, 5.74) is 11.0. The second kappa shape index (κ2) is 5.29. The zero-order chi connectivity index (χ0) is 14.1. The fourth-order valence-corrected chi connectivity index (χ4v) is 2.95. The minimum atomic E-state index is 0.352. The monoisotopic (exact) mass is 270 g/mol. The maximum absolute atomic E-state index is 6.01. The third-order valence-electron chi connectivity index (χ3n) is 4.20. The van der Waals surface area contributed by atoms with Gasteiger partial charge in [0.1, 0.15) is 0 Å². The average molecular weight is 270 g/mol. The van der Waals surface area contributed by atoms with Crippen LogP contribution in [0.25, 0.3) is 11.3 Å². The van der Waals surface area contributed by atoms with Gasteiger partial charge < -0.3 is 10.6 Å². The van der Waals surface area contributed by atoms with Crippen molar-refractivity contribution in [3.05, 3.63) is 36.0 Å². The maximum Gasteiger partial charge on any atom is 0.0915 e. The van der Waals surface area contributed by atoms with Crippen LogP contribution in [0.15, 0.2) is 30.5 Å². The summed E-state index contributed by atoms with van der Waals surface area (Å²) in [6.45, 7) is 4.19. The highest BCUT2D eigenvalue weighted by Crippen LogP contribution is 2.33. The first-order chi connectivity index (χ1) is 9.66. The number of piperidine rings is 1. The first-order valence-corrected chi connectivity index (χ1v) is 7.25. The molecule has 2 aromatic rings. The molecular weight excluding hydrogens is 248 g/mol. The Balaban J connectivity index is 2.00. The van der Waals surface area contributed by atoms with Gasteiger partial charge in [0.15, 0.2) is 0 Å². The lowest BCUT2D eigenvalue weighted by atomic mass is 10.0. The van der Waals surface area contributed by atoms with Crippen molar-refractivity contribution in [3.63, 3.8) is 0 Å². The van der Waals surface area contributed by atoms with Gasteiger partial charge in [-0.1, -0.05) is 24.3 Å². The second-order valence-corrected chi connectivity index (χ2v) is 5.64. The molecule has 1 saturated heterocycles. The Morgan fingerprint density at radius 1 is 1.20 bits per heavy atom. The maximum atomic E-state index is 6.01. The molecule has 1 aromatic carbocycles. The summed E-state index contributed by atoms with van der Waals surface area (Å²) in [6.07, 6.45) is 4.10. The van der Waals surface area contributed by atoms with E-state index in [1.807, 2.05) is 17.9 Å². The largest absolute Gasteiger partial charge is 0.368 e. The van der Waals surface area contributed by atoms with Crippen molar-refractivity contribution in [2.45, 2.75) is 25.8 Å². The van der Waals surface area contributed by atoms with Gasteiger partial charge >= 0.3 is 0 Å². The SMILES string of the molecule is Cc1ccccc1-c1c(N2CCC(N)CC2)cnn1C. The van der Waals surface area contributed by atoms with Crippen LogP contribution < -0.4 is 10.6 Å². The van der Waals surface area contributed by atoms with Crippen LogP contribution in [0.5, 0.6) is 0 Å². The average Bonchev–Trinajstić information content (AvgIpc) is 2.82. The number of nitrogens with zero attached hydrogens (tertiary/aromatic N) is 3. The molecule has 3 rings (SSSR count). The molecule has 106 valence electrons. The van der Waals surface area contributed by atoms with Crippen LogP contribution in [-0.4, -0.2) is 28.9 Å². The molecule has 1 aliphatic heterocycles. The Bertz CT molecular complexity index is 594. The van der Waals surface area contributed by atoms with E-state index in [-0.39, 0.29) is 0 Å². The molecule has 0 radical (unpaired) electrons. The number of benzene rings is 1. The Labute approximate surface area is 120 Å². The van der Waals surface area contributed by atoms with Crippen LogP contribution in [0.4, 0.5) is 5.69 Å². The van der Waals surface area contributed by atoms with Crippen LogP contribution in [0.2, 0.25) is 0 Å². The summed E-state index contributed by atoms with van der Waals surface area (Å²) < 4.78 is 1.98. The lowest BCUT2D eigenvalue weighted by Gasteiger charge is -2.32. The highest BCUT2D eigenvalue weighted by atomic mass is 15.3. The van der Waals surface area contributed by atoms with Crippen LogP contribution in [0.3, 0.4) is 0 Å². The third kappa shape index (κ3) is 2.31. The molecule has 4 heteroatoms. The molecule has 0 amide bonds. The van der Waals surface area contributed by atoms with Gasteiger partial charge in [-0.05, 0) is 25.3 Å². The predicted octanol–water partition coefficient (Wildman–Crippen LogP) is 2.32. The topological polar surface area (TPSA) is 47.1 Å². The molecule has 0 spiro atoms. The number of nitrogens with two attached hydrogens (primary N) is 1. The van der Waals surface area contributed by atoms with Crippen LogP contribution >= 0.6 is 0 Å². The van der Waals surface area contributed by atoms with Gasteiger partial charge in [0.05, 0.1) is 17.6 Å². The van der Waals surface area contributed by atoms with Crippen molar-refractivity contribution < 1.29 is 0 Å². The van der Waals surface area contributed by atoms with E-state index in [1.165, 1.54) is 22.5 Å². The van der Waals surface area contributed by atoms with Gasteiger partial charge in [-0.2, -0.15) is 5.10 Å². The molecule has 4 nitrogen and oxygen atoms in total. The summed E-state index contributed by atoms with van der Waals surface area (Å²) >= 11 is 0. The molecule has 1 aliphatic rings. The Kier molecular flexibility index (Phi) is 3.49. The molecule has 0 atom stereocenters. The number of hydrogen-bond donors (Lipinski definition) is 1. The van der Waals surface area contributed by atoms with E-state index in [0.29, 0.717) is 6.04 Å². The van der Waals surface area contributed by atoms with Crippen molar-refractivity contribution in [2.24, 2.45) is 12.8 Å². The molecule has 0 saturated carbocycles. The van der Waals surface area contributed by atoms with Gasteiger partial charge in [-0.3, -0.25) is 4.68 Å². The quantitative estimate of drug-likeness (QED) is 0.911. The minimum Gasteiger partial charge on any atom is -0.368 e. The van der Waals surface area contributed by atoms with Crippen LogP contribution in [0.1, 0.15) is 18.4 Å². The van der Waals surface area contributed by atoms with Gasteiger partial charge in [0, 0.05) is 31.7 Å². The Hall–Kier alpha value is -1.81. The smallest absolute Gasteiger partial charge is 0.0915 e. The van der Waals surface area contributed by atoms with Crippen LogP contribution in [-0.2, 0) is 7.05 Å². The summed E-state index contributed by atoms with van der Waals surface area (Å²) in [5, 5.41) is 4.47. The number of rotatable bonds is 2. The Morgan fingerprint density at radius 3 is 2.60 bits per heavy atom. The molecule has 20 heavy (non-hydrogen) atoms. The van der Waals surface area contributed by atoms with E-state index in [2.05, 4.69) is 41.2 Å². The van der Waals surface area contributed by atoms with Crippen molar-refractivity contribution in [2.75, 3.05) is 18.0 Å². The molecule has 0 bridgehead atoms. The van der Waals surface area contributed by atoms with Crippen molar-refractivity contribution in [1.82, 2.24) is 9.78 Å². The van der Waals surface area contributed by atoms with E-state index in [1.54, 1.807) is 0 Å². The molecule has 2 heterocycles. The highest BCUT2D eigenvalue weighted by Gasteiger charge is 2.22. The van der Waals surface area contributed by atoms with Crippen molar-refractivity contribution in [3.8, 4) is 11.3 Å². The van der Waals surface area contributed by atoms with Gasteiger partial charge in [0.2, 0.25) is 0 Å². The van der Waals surface area contributed by atoms with E-state index >= 15 is 0 Å². The van der Waals surface area contributed by atoms with E-state index in [9.17, 15) is 0 Å². The number of aromatic nitrogens is 2. The number of hydrogen-bond acceptors (Lipinski definition) is 3. The fourth-order valence-electron chi connectivity index (χ4n) is 2.95. The normalized spacial score (nSPS) is 16.6. The standard InChI is InChI=1S/C16H22N4/c1-12-5-3-4-6-14(12)16-15(11-18-19(16)2)20-9-7-13(17)8-10-20/h3-6,11,13H,7-10,17H2,1-2H3. The Morgan fingerprint density at radius 2 is 1.90 bits per heavy atom. The van der Waals surface area contributed by atoms with Gasteiger partial charge in [0.25, 0.3) is 0 Å². The zero-order valence-electron chi connectivity index (χ0n) is 12.2. The zero-order valence-corrected chi connectivity index (χ0v) is 12.2. The van der Waals surface area contributed by atoms with Gasteiger partial charge in [-0.15, -0.1) is 0 Å². The lowest BCUT2D eigenvalue weighted by Crippen LogP contribution is -2.39.